The van der Waals surface area contributed by atoms with Gasteiger partial charge in [0.05, 0.1) is 0 Å². The Kier molecular flexibility index (Phi) is 2.94. The monoisotopic (exact) mass is 328 g/mol. The first kappa shape index (κ1) is 14.4. The van der Waals surface area contributed by atoms with Crippen LogP contribution in [0.4, 0.5) is 35.1 Å². The molecule has 0 amide bonds. The molecule has 0 spiro atoms. The summed E-state index contributed by atoms with van der Waals surface area (Å²) < 4.78 is 115. The normalized spacial score (nSPS) is 12.4. The van der Waals surface area contributed by atoms with Crippen molar-refractivity contribution in [2.45, 2.75) is 0 Å². The molecule has 1 aliphatic heterocycles. The van der Waals surface area contributed by atoms with Crippen LogP contribution in [-0.2, 0) is 0 Å². The van der Waals surface area contributed by atoms with E-state index >= 15 is 0 Å². The van der Waals surface area contributed by atoms with Crippen molar-refractivity contribution in [3.8, 4) is 23.0 Å². The Bertz CT molecular complexity index is 698. The van der Waals surface area contributed by atoms with Gasteiger partial charge in [-0.2, -0.15) is 17.6 Å². The predicted octanol–water partition coefficient (Wildman–Crippen LogP) is 4.70. The summed E-state index contributed by atoms with van der Waals surface area (Å²) in [4.78, 5) is 0. The van der Waals surface area contributed by atoms with Gasteiger partial charge in [-0.3, -0.25) is 0 Å². The molecule has 1 heterocycles. The number of rotatable bonds is 0. The number of hydrogen-bond donors (Lipinski definition) is 0. The maximum Gasteiger partial charge on any atom is 0.212 e. The first-order valence-electron chi connectivity index (χ1n) is 5.33. The summed E-state index contributed by atoms with van der Waals surface area (Å²) in [6.45, 7) is 0. The molecule has 3 rings (SSSR count). The zero-order chi connectivity index (χ0) is 16.3. The third-order valence-electron chi connectivity index (χ3n) is 2.77. The Labute approximate surface area is 115 Å². The highest BCUT2D eigenvalue weighted by Crippen LogP contribution is 2.51. The minimum absolute atomic E-state index is 1.48. The van der Waals surface area contributed by atoms with Gasteiger partial charge in [0, 0.05) is 0 Å². The van der Waals surface area contributed by atoms with Crippen molar-refractivity contribution in [2.75, 3.05) is 0 Å². The summed E-state index contributed by atoms with van der Waals surface area (Å²) in [6, 6.07) is 0. The van der Waals surface area contributed by atoms with Crippen LogP contribution in [0.5, 0.6) is 23.0 Å². The van der Waals surface area contributed by atoms with Gasteiger partial charge in [-0.15, -0.1) is 0 Å². The number of hydrogen-bond acceptors (Lipinski definition) is 2. The van der Waals surface area contributed by atoms with Crippen molar-refractivity contribution in [1.82, 2.24) is 0 Å². The number of fused-ring (bicyclic) bond motifs is 2. The van der Waals surface area contributed by atoms with E-state index in [4.69, 9.17) is 0 Å². The van der Waals surface area contributed by atoms with Crippen LogP contribution in [0, 0.1) is 46.5 Å². The summed E-state index contributed by atoms with van der Waals surface area (Å²) in [6.07, 6.45) is 0. The number of ether oxygens (including phenoxy) is 2. The molecule has 0 aliphatic carbocycles. The summed E-state index contributed by atoms with van der Waals surface area (Å²) in [7, 11) is 0. The first-order chi connectivity index (χ1) is 10.3. The van der Waals surface area contributed by atoms with Crippen LogP contribution in [0.3, 0.4) is 0 Å². The Balaban J connectivity index is 2.32. The average molecular weight is 328 g/mol. The second-order valence-electron chi connectivity index (χ2n) is 4.03. The highest BCUT2D eigenvalue weighted by atomic mass is 19.2. The molecule has 2 aromatic rings. The van der Waals surface area contributed by atoms with Crippen LogP contribution in [0.25, 0.3) is 0 Å². The van der Waals surface area contributed by atoms with E-state index < -0.39 is 69.5 Å². The third-order valence-corrected chi connectivity index (χ3v) is 2.77. The van der Waals surface area contributed by atoms with Gasteiger partial charge in [0.15, 0.2) is 0 Å². The molecular weight excluding hydrogens is 328 g/mol. The lowest BCUT2D eigenvalue weighted by Crippen LogP contribution is -2.12. The lowest BCUT2D eigenvalue weighted by Gasteiger charge is -2.22. The van der Waals surface area contributed by atoms with Crippen LogP contribution in [0.2, 0.25) is 0 Å². The van der Waals surface area contributed by atoms with E-state index in [0.29, 0.717) is 0 Å². The fourth-order valence-corrected chi connectivity index (χ4v) is 1.75. The van der Waals surface area contributed by atoms with Crippen LogP contribution >= 0.6 is 0 Å². The van der Waals surface area contributed by atoms with Crippen molar-refractivity contribution in [1.29, 1.82) is 0 Å². The lowest BCUT2D eigenvalue weighted by molar-refractivity contribution is 0.266. The molecular formula is C12F8O2. The van der Waals surface area contributed by atoms with Gasteiger partial charge in [-0.25, -0.2) is 17.6 Å². The number of halogens is 8. The molecule has 10 heteroatoms. The van der Waals surface area contributed by atoms with E-state index in [0.717, 1.165) is 0 Å². The average Bonchev–Trinajstić information content (AvgIpc) is 2.52. The zero-order valence-corrected chi connectivity index (χ0v) is 9.84. The molecule has 0 aromatic heterocycles. The molecule has 0 bridgehead atoms. The summed E-state index contributed by atoms with van der Waals surface area (Å²) in [5.41, 5.74) is 0. The molecule has 0 unspecified atom stereocenters. The largest absolute Gasteiger partial charge is 0.443 e. The lowest BCUT2D eigenvalue weighted by atomic mass is 10.2. The van der Waals surface area contributed by atoms with Crippen LogP contribution in [0.15, 0.2) is 0 Å². The molecule has 0 saturated carbocycles. The topological polar surface area (TPSA) is 18.5 Å². The standard InChI is InChI=1S/C12F8O2/c13-1-2(14)6(18)10-9(5(1)17)21-11-7(19)3(15)4(16)8(20)12(11)22-10. The highest BCUT2D eigenvalue weighted by molar-refractivity contribution is 5.57. The van der Waals surface area contributed by atoms with E-state index in [1.807, 2.05) is 0 Å². The Morgan fingerprint density at radius 2 is 0.500 bits per heavy atom. The van der Waals surface area contributed by atoms with E-state index in [-0.39, 0.29) is 0 Å². The summed E-state index contributed by atoms with van der Waals surface area (Å²) >= 11 is 0. The van der Waals surface area contributed by atoms with E-state index in [1.54, 1.807) is 0 Å². The van der Waals surface area contributed by atoms with E-state index in [2.05, 4.69) is 9.47 Å². The Morgan fingerprint density at radius 1 is 0.318 bits per heavy atom. The van der Waals surface area contributed by atoms with E-state index in [9.17, 15) is 35.1 Å². The first-order valence-corrected chi connectivity index (χ1v) is 5.33. The molecule has 2 nitrogen and oxygen atoms in total. The number of benzene rings is 2. The van der Waals surface area contributed by atoms with Crippen LogP contribution < -0.4 is 9.47 Å². The maximum absolute atomic E-state index is 13.5. The second kappa shape index (κ2) is 4.49. The maximum atomic E-state index is 13.5. The van der Waals surface area contributed by atoms with Crippen molar-refractivity contribution in [3.05, 3.63) is 46.5 Å². The molecule has 116 valence electrons. The van der Waals surface area contributed by atoms with Gasteiger partial charge < -0.3 is 9.47 Å². The van der Waals surface area contributed by atoms with Crippen molar-refractivity contribution in [2.24, 2.45) is 0 Å². The smallest absolute Gasteiger partial charge is 0.212 e. The van der Waals surface area contributed by atoms with Crippen molar-refractivity contribution in [3.63, 3.8) is 0 Å². The van der Waals surface area contributed by atoms with Crippen LogP contribution in [-0.4, -0.2) is 0 Å². The summed E-state index contributed by atoms with van der Waals surface area (Å²) in [5.74, 6) is -23.7. The molecule has 0 atom stereocenters. The Hall–Kier alpha value is -2.52. The molecule has 2 aromatic carbocycles. The van der Waals surface area contributed by atoms with Crippen LogP contribution in [0.1, 0.15) is 0 Å². The van der Waals surface area contributed by atoms with Gasteiger partial charge in [0.1, 0.15) is 0 Å². The van der Waals surface area contributed by atoms with Crippen molar-refractivity contribution < 1.29 is 44.6 Å². The predicted molar refractivity (Wildman–Crippen MR) is 52.7 cm³/mol. The van der Waals surface area contributed by atoms with E-state index in [1.165, 1.54) is 0 Å². The zero-order valence-electron chi connectivity index (χ0n) is 9.84. The summed E-state index contributed by atoms with van der Waals surface area (Å²) in [5, 5.41) is 0. The fourth-order valence-electron chi connectivity index (χ4n) is 1.75. The quantitative estimate of drug-likeness (QED) is 0.338. The second-order valence-corrected chi connectivity index (χ2v) is 4.03. The van der Waals surface area contributed by atoms with Gasteiger partial charge in [-0.1, -0.05) is 0 Å². The van der Waals surface area contributed by atoms with Gasteiger partial charge in [0.25, 0.3) is 0 Å². The molecule has 0 saturated heterocycles. The third kappa shape index (κ3) is 1.66. The van der Waals surface area contributed by atoms with Gasteiger partial charge >= 0.3 is 0 Å². The highest BCUT2D eigenvalue weighted by Gasteiger charge is 2.38. The van der Waals surface area contributed by atoms with Crippen molar-refractivity contribution >= 4 is 0 Å². The molecule has 0 fully saturated rings. The molecule has 22 heavy (non-hydrogen) atoms. The Morgan fingerprint density at radius 3 is 0.682 bits per heavy atom. The molecule has 0 N–H and O–H groups in total. The fraction of sp³-hybridized carbons (Fsp3) is 0. The van der Waals surface area contributed by atoms with Gasteiger partial charge in [0.2, 0.25) is 69.5 Å². The molecule has 0 radical (unpaired) electrons. The van der Waals surface area contributed by atoms with Gasteiger partial charge in [-0.05, 0) is 0 Å². The SMILES string of the molecule is Fc1c(F)c(F)c2c(c1F)Oc1c(F)c(F)c(F)c(F)c1O2. The minimum atomic E-state index is -2.31. The molecule has 1 aliphatic rings. The minimum Gasteiger partial charge on any atom is -0.443 e.